The molecule has 0 bridgehead atoms. The first-order chi connectivity index (χ1) is 7.78. The summed E-state index contributed by atoms with van der Waals surface area (Å²) in [5.41, 5.74) is -1.34. The van der Waals surface area contributed by atoms with E-state index in [0.29, 0.717) is 6.61 Å². The maximum Gasteiger partial charge on any atom is 0.346 e. The molecule has 1 heterocycles. The Labute approximate surface area is 99.0 Å². The number of hydrogen-bond donors (Lipinski definition) is 1. The molecular formula is C10H18N4O3. The van der Waals surface area contributed by atoms with Crippen molar-refractivity contribution in [2.75, 3.05) is 19.0 Å². The Morgan fingerprint density at radius 3 is 2.47 bits per heavy atom. The van der Waals surface area contributed by atoms with Crippen molar-refractivity contribution in [2.24, 2.45) is 14.1 Å². The highest BCUT2D eigenvalue weighted by Gasteiger charge is 2.20. The van der Waals surface area contributed by atoms with Crippen LogP contribution in [0.15, 0.2) is 9.59 Å². The highest BCUT2D eigenvalue weighted by molar-refractivity contribution is 5.33. The van der Waals surface area contributed by atoms with Gasteiger partial charge >= 0.3 is 5.69 Å². The summed E-state index contributed by atoms with van der Waals surface area (Å²) in [5.74, 6) is 0.136. The monoisotopic (exact) mass is 242 g/mol. The van der Waals surface area contributed by atoms with Crippen molar-refractivity contribution in [2.45, 2.75) is 19.4 Å². The average Bonchev–Trinajstić information content (AvgIpc) is 2.22. The molecule has 0 aliphatic rings. The van der Waals surface area contributed by atoms with Gasteiger partial charge in [-0.05, 0) is 13.8 Å². The first-order valence-electron chi connectivity index (χ1n) is 5.20. The quantitative estimate of drug-likeness (QED) is 0.756. The van der Waals surface area contributed by atoms with Gasteiger partial charge in [0.25, 0.3) is 5.56 Å². The summed E-state index contributed by atoms with van der Waals surface area (Å²) in [6.45, 7) is 4.17. The number of aryl methyl sites for hydroxylation is 1. The normalized spacial score (nSPS) is 11.6. The van der Waals surface area contributed by atoms with Gasteiger partial charge in [-0.1, -0.05) is 0 Å². The number of methoxy groups -OCH3 is 1. The average molecular weight is 242 g/mol. The largest absolute Gasteiger partial charge is 0.382 e. The van der Waals surface area contributed by atoms with Gasteiger partial charge < -0.3 is 10.1 Å². The highest BCUT2D eigenvalue weighted by atomic mass is 16.5. The van der Waals surface area contributed by atoms with Crippen LogP contribution in [-0.2, 0) is 18.8 Å². The fraction of sp³-hybridized carbons (Fsp3) is 0.700. The Morgan fingerprint density at radius 2 is 1.94 bits per heavy atom. The third-order valence-electron chi connectivity index (χ3n) is 2.28. The predicted molar refractivity (Wildman–Crippen MR) is 64.3 cm³/mol. The van der Waals surface area contributed by atoms with E-state index in [-0.39, 0.29) is 5.82 Å². The highest BCUT2D eigenvalue weighted by Crippen LogP contribution is 2.08. The van der Waals surface area contributed by atoms with E-state index in [9.17, 15) is 9.59 Å². The predicted octanol–water partition coefficient (Wildman–Crippen LogP) is -0.684. The SMILES string of the molecule is COCC(C)(C)Nc1nn(C)c(=O)n(C)c1=O. The van der Waals surface area contributed by atoms with Crippen LogP contribution in [0.3, 0.4) is 0 Å². The van der Waals surface area contributed by atoms with Crippen LogP contribution in [0, 0.1) is 0 Å². The van der Waals surface area contributed by atoms with Crippen LogP contribution < -0.4 is 16.6 Å². The standard InChI is InChI=1S/C10H18N4O3/c1-10(2,6-17-5)11-7-8(15)13(3)9(16)14(4)12-7/h6H2,1-5H3,(H,11,12). The summed E-state index contributed by atoms with van der Waals surface area (Å²) in [6.07, 6.45) is 0. The molecule has 0 saturated heterocycles. The van der Waals surface area contributed by atoms with Crippen molar-refractivity contribution in [3.8, 4) is 0 Å². The fourth-order valence-electron chi connectivity index (χ4n) is 1.49. The maximum absolute atomic E-state index is 11.8. The number of hydrogen-bond acceptors (Lipinski definition) is 5. The van der Waals surface area contributed by atoms with Crippen LogP contribution in [-0.4, -0.2) is 33.6 Å². The van der Waals surface area contributed by atoms with Gasteiger partial charge in [-0.15, -0.1) is 5.10 Å². The molecule has 1 rings (SSSR count). The second-order valence-electron chi connectivity index (χ2n) is 4.56. The summed E-state index contributed by atoms with van der Waals surface area (Å²) >= 11 is 0. The topological polar surface area (TPSA) is 78.2 Å². The Balaban J connectivity index is 3.17. The van der Waals surface area contributed by atoms with Crippen molar-refractivity contribution in [1.29, 1.82) is 0 Å². The molecule has 0 atom stereocenters. The van der Waals surface area contributed by atoms with E-state index in [1.54, 1.807) is 7.11 Å². The van der Waals surface area contributed by atoms with Gasteiger partial charge in [0.05, 0.1) is 12.1 Å². The first kappa shape index (κ1) is 13.4. The Kier molecular flexibility index (Phi) is 3.72. The molecule has 1 aromatic heterocycles. The molecule has 0 fully saturated rings. The number of rotatable bonds is 4. The summed E-state index contributed by atoms with van der Waals surface area (Å²) in [5, 5.41) is 6.87. The fourth-order valence-corrected chi connectivity index (χ4v) is 1.49. The van der Waals surface area contributed by atoms with Crippen molar-refractivity contribution in [3.05, 3.63) is 20.8 Å². The van der Waals surface area contributed by atoms with Gasteiger partial charge in [0.2, 0.25) is 5.82 Å². The lowest BCUT2D eigenvalue weighted by Gasteiger charge is -2.25. The molecule has 0 radical (unpaired) electrons. The lowest BCUT2D eigenvalue weighted by Crippen LogP contribution is -2.44. The van der Waals surface area contributed by atoms with Gasteiger partial charge in [-0.2, -0.15) is 0 Å². The lowest BCUT2D eigenvalue weighted by atomic mass is 10.1. The Morgan fingerprint density at radius 1 is 1.35 bits per heavy atom. The summed E-state index contributed by atoms with van der Waals surface area (Å²) in [7, 11) is 4.49. The van der Waals surface area contributed by atoms with Gasteiger partial charge in [0.1, 0.15) is 0 Å². The molecule has 0 unspecified atom stereocenters. The van der Waals surface area contributed by atoms with E-state index in [1.807, 2.05) is 13.8 Å². The Bertz CT molecular complexity index is 515. The van der Waals surface area contributed by atoms with E-state index >= 15 is 0 Å². The van der Waals surface area contributed by atoms with Crippen LogP contribution in [0.1, 0.15) is 13.8 Å². The van der Waals surface area contributed by atoms with E-state index in [1.165, 1.54) is 14.1 Å². The molecule has 0 aliphatic heterocycles. The summed E-state index contributed by atoms with van der Waals surface area (Å²) in [4.78, 5) is 23.3. The van der Waals surface area contributed by atoms with Gasteiger partial charge in [-0.3, -0.25) is 9.36 Å². The first-order valence-corrected chi connectivity index (χ1v) is 5.20. The maximum atomic E-state index is 11.8. The van der Waals surface area contributed by atoms with Gasteiger partial charge in [0, 0.05) is 21.2 Å². The molecule has 0 aromatic carbocycles. The van der Waals surface area contributed by atoms with Crippen molar-refractivity contribution < 1.29 is 4.74 Å². The molecule has 96 valence electrons. The number of anilines is 1. The minimum Gasteiger partial charge on any atom is -0.382 e. The molecule has 0 saturated carbocycles. The van der Waals surface area contributed by atoms with Crippen molar-refractivity contribution >= 4 is 5.82 Å². The zero-order valence-corrected chi connectivity index (χ0v) is 10.8. The van der Waals surface area contributed by atoms with E-state index < -0.39 is 16.8 Å². The van der Waals surface area contributed by atoms with E-state index in [4.69, 9.17) is 4.74 Å². The van der Waals surface area contributed by atoms with Gasteiger partial charge in [0.15, 0.2) is 0 Å². The third-order valence-corrected chi connectivity index (χ3v) is 2.28. The Hall–Kier alpha value is -1.63. The van der Waals surface area contributed by atoms with Crippen LogP contribution in [0.4, 0.5) is 5.82 Å². The van der Waals surface area contributed by atoms with Crippen molar-refractivity contribution in [3.63, 3.8) is 0 Å². The zero-order chi connectivity index (χ0) is 13.2. The third kappa shape index (κ3) is 2.94. The number of nitrogens with zero attached hydrogens (tertiary/aromatic N) is 3. The molecule has 7 heteroatoms. The zero-order valence-electron chi connectivity index (χ0n) is 10.8. The lowest BCUT2D eigenvalue weighted by molar-refractivity contribution is 0.157. The second-order valence-corrected chi connectivity index (χ2v) is 4.56. The number of nitrogens with one attached hydrogen (secondary N) is 1. The van der Waals surface area contributed by atoms with Crippen LogP contribution in [0.25, 0.3) is 0 Å². The molecular weight excluding hydrogens is 224 g/mol. The van der Waals surface area contributed by atoms with Gasteiger partial charge in [-0.25, -0.2) is 9.48 Å². The van der Waals surface area contributed by atoms with Crippen molar-refractivity contribution in [1.82, 2.24) is 14.3 Å². The minimum atomic E-state index is -0.454. The van der Waals surface area contributed by atoms with Crippen LogP contribution >= 0.6 is 0 Å². The minimum absolute atomic E-state index is 0.136. The molecule has 0 amide bonds. The summed E-state index contributed by atoms with van der Waals surface area (Å²) in [6, 6.07) is 0. The molecule has 1 N–H and O–H groups in total. The molecule has 7 nitrogen and oxygen atoms in total. The number of ether oxygens (including phenoxy) is 1. The smallest absolute Gasteiger partial charge is 0.346 e. The van der Waals surface area contributed by atoms with E-state index in [0.717, 1.165) is 9.25 Å². The molecule has 0 aliphatic carbocycles. The molecule has 0 spiro atoms. The van der Waals surface area contributed by atoms with Crippen LogP contribution in [0.5, 0.6) is 0 Å². The van der Waals surface area contributed by atoms with Crippen LogP contribution in [0.2, 0.25) is 0 Å². The summed E-state index contributed by atoms with van der Waals surface area (Å²) < 4.78 is 7.17. The van der Waals surface area contributed by atoms with E-state index in [2.05, 4.69) is 10.4 Å². The number of aromatic nitrogens is 3. The molecule has 1 aromatic rings. The molecule has 17 heavy (non-hydrogen) atoms. The second kappa shape index (κ2) is 4.70.